The Labute approximate surface area is 105 Å². The molecule has 0 fully saturated rings. The highest BCUT2D eigenvalue weighted by atomic mass is 79.9. The van der Waals surface area contributed by atoms with Gasteiger partial charge in [0.15, 0.2) is 5.82 Å². The summed E-state index contributed by atoms with van der Waals surface area (Å²) in [7, 11) is 0. The van der Waals surface area contributed by atoms with Crippen LogP contribution in [0.2, 0.25) is 0 Å². The Bertz CT molecular complexity index is 514. The third-order valence-electron chi connectivity index (χ3n) is 2.10. The molecule has 0 saturated heterocycles. The van der Waals surface area contributed by atoms with Gasteiger partial charge in [-0.3, -0.25) is 4.79 Å². The molecule has 7 nitrogen and oxygen atoms in total. The minimum absolute atomic E-state index is 0.248. The molecular formula is C9H9BrN6O. The zero-order valence-electron chi connectivity index (χ0n) is 8.88. The summed E-state index contributed by atoms with van der Waals surface area (Å²) in [5.41, 5.74) is 0.461. The SMILES string of the molecule is CC(NC(=O)c1cccnc1Br)c1nn[nH]n1. The van der Waals surface area contributed by atoms with Gasteiger partial charge in [-0.25, -0.2) is 4.98 Å². The number of hydrogen-bond donors (Lipinski definition) is 2. The lowest BCUT2D eigenvalue weighted by Gasteiger charge is -2.10. The second kappa shape index (κ2) is 5.00. The summed E-state index contributed by atoms with van der Waals surface area (Å²) in [5.74, 6) is 0.181. The van der Waals surface area contributed by atoms with Crippen molar-refractivity contribution in [1.29, 1.82) is 0 Å². The predicted octanol–water partition coefficient (Wildman–Crippen LogP) is 0.848. The van der Waals surface area contributed by atoms with Gasteiger partial charge >= 0.3 is 0 Å². The fourth-order valence-electron chi connectivity index (χ4n) is 1.25. The highest BCUT2D eigenvalue weighted by Crippen LogP contribution is 2.14. The lowest BCUT2D eigenvalue weighted by atomic mass is 10.2. The summed E-state index contributed by atoms with van der Waals surface area (Å²) in [6.07, 6.45) is 1.60. The molecule has 0 aliphatic rings. The molecule has 88 valence electrons. The van der Waals surface area contributed by atoms with E-state index in [1.165, 1.54) is 0 Å². The van der Waals surface area contributed by atoms with E-state index in [4.69, 9.17) is 0 Å². The molecule has 8 heteroatoms. The van der Waals surface area contributed by atoms with Gasteiger partial charge < -0.3 is 5.32 Å². The van der Waals surface area contributed by atoms with Crippen LogP contribution in [0.15, 0.2) is 22.9 Å². The van der Waals surface area contributed by atoms with Crippen LogP contribution in [0.4, 0.5) is 0 Å². The molecule has 2 aromatic heterocycles. The molecule has 0 aliphatic heterocycles. The topological polar surface area (TPSA) is 96.5 Å². The number of carbonyl (C=O) groups excluding carboxylic acids is 1. The molecule has 2 N–H and O–H groups in total. The number of pyridine rings is 1. The Hall–Kier alpha value is -1.83. The van der Waals surface area contributed by atoms with E-state index in [0.717, 1.165) is 0 Å². The van der Waals surface area contributed by atoms with Crippen molar-refractivity contribution in [2.45, 2.75) is 13.0 Å². The number of tetrazole rings is 1. The summed E-state index contributed by atoms with van der Waals surface area (Å²) in [6, 6.07) is 3.04. The number of nitrogens with zero attached hydrogens (tertiary/aromatic N) is 4. The summed E-state index contributed by atoms with van der Waals surface area (Å²) in [4.78, 5) is 15.9. The predicted molar refractivity (Wildman–Crippen MR) is 62.0 cm³/mol. The maximum absolute atomic E-state index is 11.9. The fraction of sp³-hybridized carbons (Fsp3) is 0.222. The summed E-state index contributed by atoms with van der Waals surface area (Å²) in [6.45, 7) is 1.77. The fourth-order valence-corrected chi connectivity index (χ4v) is 1.68. The van der Waals surface area contributed by atoms with Crippen molar-refractivity contribution in [3.8, 4) is 0 Å². The Kier molecular flexibility index (Phi) is 3.43. The van der Waals surface area contributed by atoms with Gasteiger partial charge in [0.1, 0.15) is 4.60 Å². The average molecular weight is 297 g/mol. The number of amides is 1. The van der Waals surface area contributed by atoms with Gasteiger partial charge in [-0.1, -0.05) is 5.21 Å². The molecule has 2 rings (SSSR count). The van der Waals surface area contributed by atoms with E-state index in [2.05, 4.69) is 46.9 Å². The Morgan fingerprint density at radius 2 is 2.41 bits per heavy atom. The number of carbonyl (C=O) groups is 1. The van der Waals surface area contributed by atoms with Gasteiger partial charge in [0.25, 0.3) is 5.91 Å². The van der Waals surface area contributed by atoms with E-state index < -0.39 is 0 Å². The van der Waals surface area contributed by atoms with Crippen LogP contribution in [-0.4, -0.2) is 31.5 Å². The van der Waals surface area contributed by atoms with Crippen LogP contribution in [0.3, 0.4) is 0 Å². The molecule has 2 heterocycles. The van der Waals surface area contributed by atoms with Crippen molar-refractivity contribution in [1.82, 2.24) is 30.9 Å². The smallest absolute Gasteiger partial charge is 0.254 e. The van der Waals surface area contributed by atoms with E-state index in [1.807, 2.05) is 0 Å². The van der Waals surface area contributed by atoms with E-state index >= 15 is 0 Å². The quantitative estimate of drug-likeness (QED) is 0.819. The van der Waals surface area contributed by atoms with Crippen molar-refractivity contribution in [2.24, 2.45) is 0 Å². The minimum Gasteiger partial charge on any atom is -0.342 e. The molecule has 0 radical (unpaired) electrons. The summed E-state index contributed by atoms with van der Waals surface area (Å²) < 4.78 is 0.498. The largest absolute Gasteiger partial charge is 0.342 e. The van der Waals surface area contributed by atoms with E-state index in [1.54, 1.807) is 25.3 Å². The van der Waals surface area contributed by atoms with Gasteiger partial charge in [0.05, 0.1) is 11.6 Å². The minimum atomic E-state index is -0.326. The molecule has 0 spiro atoms. The van der Waals surface area contributed by atoms with Gasteiger partial charge in [0, 0.05) is 6.20 Å². The third kappa shape index (κ3) is 2.64. The molecule has 1 amide bonds. The molecule has 0 aliphatic carbocycles. The normalized spacial score (nSPS) is 12.1. The zero-order valence-corrected chi connectivity index (χ0v) is 10.5. The second-order valence-corrected chi connectivity index (χ2v) is 4.06. The van der Waals surface area contributed by atoms with Crippen LogP contribution < -0.4 is 5.32 Å². The Morgan fingerprint density at radius 1 is 1.59 bits per heavy atom. The van der Waals surface area contributed by atoms with Crippen LogP contribution in [0.1, 0.15) is 29.1 Å². The Balaban J connectivity index is 2.10. The maximum Gasteiger partial charge on any atom is 0.254 e. The standard InChI is InChI=1S/C9H9BrN6O/c1-5(8-13-15-16-14-8)12-9(17)6-3-2-4-11-7(6)10/h2-5H,1H3,(H,12,17)(H,13,14,15,16). The van der Waals surface area contributed by atoms with Gasteiger partial charge in [-0.05, 0) is 35.0 Å². The summed E-state index contributed by atoms with van der Waals surface area (Å²) in [5, 5.41) is 16.1. The lowest BCUT2D eigenvalue weighted by Crippen LogP contribution is -2.27. The van der Waals surface area contributed by atoms with Crippen LogP contribution >= 0.6 is 15.9 Å². The zero-order chi connectivity index (χ0) is 12.3. The highest BCUT2D eigenvalue weighted by molar-refractivity contribution is 9.10. The first-order valence-corrected chi connectivity index (χ1v) is 5.62. The van der Waals surface area contributed by atoms with Crippen molar-refractivity contribution in [3.63, 3.8) is 0 Å². The van der Waals surface area contributed by atoms with E-state index in [9.17, 15) is 4.79 Å². The molecule has 17 heavy (non-hydrogen) atoms. The second-order valence-electron chi connectivity index (χ2n) is 3.31. The maximum atomic E-state index is 11.9. The van der Waals surface area contributed by atoms with Crippen LogP contribution in [0.5, 0.6) is 0 Å². The molecule has 1 unspecified atom stereocenters. The number of aromatic amines is 1. The molecular weight excluding hydrogens is 288 g/mol. The average Bonchev–Trinajstić information content (AvgIpc) is 2.82. The molecule has 2 aromatic rings. The first-order valence-electron chi connectivity index (χ1n) is 4.83. The van der Waals surface area contributed by atoms with Crippen molar-refractivity contribution < 1.29 is 4.79 Å². The van der Waals surface area contributed by atoms with Crippen molar-refractivity contribution in [2.75, 3.05) is 0 Å². The Morgan fingerprint density at radius 3 is 3.06 bits per heavy atom. The highest BCUT2D eigenvalue weighted by Gasteiger charge is 2.16. The molecule has 0 saturated carbocycles. The van der Waals surface area contributed by atoms with Crippen molar-refractivity contribution >= 4 is 21.8 Å². The number of hydrogen-bond acceptors (Lipinski definition) is 5. The van der Waals surface area contributed by atoms with E-state index in [0.29, 0.717) is 16.0 Å². The van der Waals surface area contributed by atoms with Gasteiger partial charge in [-0.15, -0.1) is 10.2 Å². The lowest BCUT2D eigenvalue weighted by molar-refractivity contribution is 0.0937. The van der Waals surface area contributed by atoms with Gasteiger partial charge in [0.2, 0.25) is 0 Å². The van der Waals surface area contributed by atoms with Crippen LogP contribution in [-0.2, 0) is 0 Å². The van der Waals surface area contributed by atoms with Crippen LogP contribution in [0.25, 0.3) is 0 Å². The number of nitrogens with one attached hydrogen (secondary N) is 2. The summed E-state index contributed by atoms with van der Waals surface area (Å²) >= 11 is 3.21. The van der Waals surface area contributed by atoms with Gasteiger partial charge in [-0.2, -0.15) is 5.21 Å². The molecule has 1 atom stereocenters. The molecule has 0 bridgehead atoms. The molecule has 0 aromatic carbocycles. The number of rotatable bonds is 3. The number of H-pyrrole nitrogens is 1. The first-order chi connectivity index (χ1) is 8.18. The monoisotopic (exact) mass is 296 g/mol. The van der Waals surface area contributed by atoms with Crippen LogP contribution in [0, 0.1) is 0 Å². The first kappa shape index (κ1) is 11.6. The van der Waals surface area contributed by atoms with E-state index in [-0.39, 0.29) is 11.9 Å². The number of aromatic nitrogens is 5. The third-order valence-corrected chi connectivity index (χ3v) is 2.73. The van der Waals surface area contributed by atoms with Crippen molar-refractivity contribution in [3.05, 3.63) is 34.3 Å². The number of halogens is 1.